The standard InChI is InChI=1S/C19H27N7O2/c1-18(2,12-27)26-10-14(9-22-26)23-17-21-7-5-15(24-17)25-8-6-19(11-20,16(25)28)13-3-4-13/h5,7,9-10,13,27H,3-4,6,8,11-12,20H2,1-2H3,(H,21,23,24)/t19-/m1/s1. The van der Waals surface area contributed by atoms with E-state index in [1.54, 1.807) is 34.2 Å². The van der Waals surface area contributed by atoms with Crippen molar-refractivity contribution in [3.63, 3.8) is 0 Å². The van der Waals surface area contributed by atoms with Gasteiger partial charge >= 0.3 is 0 Å². The number of nitrogens with two attached hydrogens (primary N) is 1. The molecule has 1 saturated carbocycles. The van der Waals surface area contributed by atoms with Gasteiger partial charge < -0.3 is 16.2 Å². The molecule has 1 amide bonds. The van der Waals surface area contributed by atoms with Crippen LogP contribution >= 0.6 is 0 Å². The second-order valence-electron chi connectivity index (χ2n) is 8.35. The molecule has 0 aromatic carbocycles. The third kappa shape index (κ3) is 3.14. The molecule has 4 N–H and O–H groups in total. The number of aliphatic hydroxyl groups excluding tert-OH is 1. The van der Waals surface area contributed by atoms with Gasteiger partial charge in [0.25, 0.3) is 0 Å². The average Bonchev–Trinajstić information content (AvgIpc) is 3.34. The maximum atomic E-state index is 13.1. The molecule has 0 spiro atoms. The van der Waals surface area contributed by atoms with Gasteiger partial charge in [-0.05, 0) is 45.1 Å². The summed E-state index contributed by atoms with van der Waals surface area (Å²) in [6.07, 6.45) is 8.03. The van der Waals surface area contributed by atoms with E-state index in [9.17, 15) is 9.90 Å². The monoisotopic (exact) mass is 385 g/mol. The normalized spacial score (nSPS) is 22.7. The first-order valence-electron chi connectivity index (χ1n) is 9.68. The molecule has 2 aromatic rings. The van der Waals surface area contributed by atoms with Gasteiger partial charge in [-0.25, -0.2) is 4.98 Å². The summed E-state index contributed by atoms with van der Waals surface area (Å²) in [7, 11) is 0. The summed E-state index contributed by atoms with van der Waals surface area (Å²) in [6.45, 7) is 4.78. The van der Waals surface area contributed by atoms with Crippen molar-refractivity contribution in [3.05, 3.63) is 24.7 Å². The molecule has 0 unspecified atom stereocenters. The van der Waals surface area contributed by atoms with Crippen LogP contribution in [0.2, 0.25) is 0 Å². The smallest absolute Gasteiger partial charge is 0.235 e. The number of hydrogen-bond donors (Lipinski definition) is 3. The van der Waals surface area contributed by atoms with Crippen molar-refractivity contribution in [2.45, 2.75) is 38.6 Å². The molecule has 3 heterocycles. The van der Waals surface area contributed by atoms with Crippen molar-refractivity contribution in [3.8, 4) is 0 Å². The second-order valence-corrected chi connectivity index (χ2v) is 8.35. The molecule has 1 saturated heterocycles. The summed E-state index contributed by atoms with van der Waals surface area (Å²) in [5, 5.41) is 16.9. The van der Waals surface area contributed by atoms with Crippen molar-refractivity contribution in [2.75, 3.05) is 29.9 Å². The minimum atomic E-state index is -0.501. The number of carbonyl (C=O) groups is 1. The first-order chi connectivity index (χ1) is 13.4. The molecule has 150 valence electrons. The Morgan fingerprint density at radius 3 is 2.89 bits per heavy atom. The molecule has 28 heavy (non-hydrogen) atoms. The van der Waals surface area contributed by atoms with Gasteiger partial charge in [0, 0.05) is 25.5 Å². The number of carbonyl (C=O) groups excluding carboxylic acids is 1. The van der Waals surface area contributed by atoms with Gasteiger partial charge in [-0.15, -0.1) is 0 Å². The highest BCUT2D eigenvalue weighted by Crippen LogP contribution is 2.51. The third-order valence-corrected chi connectivity index (χ3v) is 5.94. The zero-order chi connectivity index (χ0) is 19.9. The number of nitrogens with zero attached hydrogens (tertiary/aromatic N) is 5. The molecule has 2 aromatic heterocycles. The highest BCUT2D eigenvalue weighted by molar-refractivity contribution is 5.99. The molecular weight excluding hydrogens is 358 g/mol. The molecule has 9 heteroatoms. The SMILES string of the molecule is CC(C)(CO)n1cc(Nc2nccc(N3CC[C@@](CN)(C4CC4)C3=O)n2)cn1. The van der Waals surface area contributed by atoms with Crippen molar-refractivity contribution >= 4 is 23.4 Å². The Morgan fingerprint density at radius 2 is 2.21 bits per heavy atom. The molecule has 1 atom stereocenters. The maximum Gasteiger partial charge on any atom is 0.235 e. The van der Waals surface area contributed by atoms with Gasteiger partial charge in [0.1, 0.15) is 5.82 Å². The van der Waals surface area contributed by atoms with E-state index in [1.165, 1.54) is 0 Å². The van der Waals surface area contributed by atoms with Gasteiger partial charge in [0.2, 0.25) is 11.9 Å². The van der Waals surface area contributed by atoms with E-state index >= 15 is 0 Å². The molecule has 0 radical (unpaired) electrons. The van der Waals surface area contributed by atoms with Crippen LogP contribution < -0.4 is 16.0 Å². The Hall–Kier alpha value is -2.52. The van der Waals surface area contributed by atoms with Crippen molar-refractivity contribution in [1.82, 2.24) is 19.7 Å². The fourth-order valence-corrected chi connectivity index (χ4v) is 3.86. The molecule has 4 rings (SSSR count). The molecule has 9 nitrogen and oxygen atoms in total. The van der Waals surface area contributed by atoms with Crippen LogP contribution in [0.4, 0.5) is 17.5 Å². The quantitative estimate of drug-likeness (QED) is 0.655. The lowest BCUT2D eigenvalue weighted by Crippen LogP contribution is -2.42. The number of rotatable bonds is 7. The summed E-state index contributed by atoms with van der Waals surface area (Å²) in [5.74, 6) is 1.47. The minimum absolute atomic E-state index is 0.0267. The van der Waals surface area contributed by atoms with Crippen LogP contribution in [0.3, 0.4) is 0 Å². The van der Waals surface area contributed by atoms with E-state index < -0.39 is 11.0 Å². The predicted molar refractivity (Wildman–Crippen MR) is 105 cm³/mol. The van der Waals surface area contributed by atoms with Crippen LogP contribution in [0.5, 0.6) is 0 Å². The van der Waals surface area contributed by atoms with Crippen LogP contribution in [-0.2, 0) is 10.3 Å². The van der Waals surface area contributed by atoms with Gasteiger partial charge in [0.15, 0.2) is 0 Å². The first kappa shape index (κ1) is 18.8. The predicted octanol–water partition coefficient (Wildman–Crippen LogP) is 1.24. The fraction of sp³-hybridized carbons (Fsp3) is 0.579. The largest absolute Gasteiger partial charge is 0.394 e. The summed E-state index contributed by atoms with van der Waals surface area (Å²) >= 11 is 0. The summed E-state index contributed by atoms with van der Waals surface area (Å²) in [4.78, 5) is 23.6. The van der Waals surface area contributed by atoms with E-state index in [4.69, 9.17) is 5.73 Å². The average molecular weight is 385 g/mol. The molecule has 2 fully saturated rings. The lowest BCUT2D eigenvalue weighted by atomic mass is 9.81. The van der Waals surface area contributed by atoms with Crippen LogP contribution in [0.15, 0.2) is 24.7 Å². The second kappa shape index (κ2) is 6.82. The molecule has 1 aliphatic heterocycles. The molecule has 1 aliphatic carbocycles. The number of hydrogen-bond acceptors (Lipinski definition) is 7. The fourth-order valence-electron chi connectivity index (χ4n) is 3.86. The topological polar surface area (TPSA) is 122 Å². The zero-order valence-electron chi connectivity index (χ0n) is 16.3. The highest BCUT2D eigenvalue weighted by atomic mass is 16.3. The molecular formula is C19H27N7O2. The van der Waals surface area contributed by atoms with E-state index in [0.717, 1.165) is 19.3 Å². The number of anilines is 3. The van der Waals surface area contributed by atoms with E-state index in [-0.39, 0.29) is 12.5 Å². The van der Waals surface area contributed by atoms with Crippen LogP contribution in [0, 0.1) is 11.3 Å². The van der Waals surface area contributed by atoms with Crippen molar-refractivity contribution in [1.29, 1.82) is 0 Å². The van der Waals surface area contributed by atoms with E-state index in [2.05, 4.69) is 20.4 Å². The number of amides is 1. The minimum Gasteiger partial charge on any atom is -0.394 e. The Balaban J connectivity index is 1.52. The Kier molecular flexibility index (Phi) is 4.59. The van der Waals surface area contributed by atoms with E-state index in [0.29, 0.717) is 36.5 Å². The van der Waals surface area contributed by atoms with E-state index in [1.807, 2.05) is 13.8 Å². The van der Waals surface area contributed by atoms with Crippen molar-refractivity contribution in [2.24, 2.45) is 17.1 Å². The maximum absolute atomic E-state index is 13.1. The van der Waals surface area contributed by atoms with Gasteiger partial charge in [-0.3, -0.25) is 14.4 Å². The van der Waals surface area contributed by atoms with Crippen molar-refractivity contribution < 1.29 is 9.90 Å². The highest BCUT2D eigenvalue weighted by Gasteiger charge is 2.55. The van der Waals surface area contributed by atoms with Gasteiger partial charge in [-0.1, -0.05) is 0 Å². The number of aromatic nitrogens is 4. The number of nitrogens with one attached hydrogen (secondary N) is 1. The van der Waals surface area contributed by atoms with Crippen LogP contribution in [-0.4, -0.2) is 50.5 Å². The van der Waals surface area contributed by atoms with Crippen LogP contribution in [0.25, 0.3) is 0 Å². The Labute approximate surface area is 164 Å². The molecule has 2 aliphatic rings. The Bertz CT molecular complexity index is 877. The van der Waals surface area contributed by atoms with Gasteiger partial charge in [-0.2, -0.15) is 10.1 Å². The summed E-state index contributed by atoms with van der Waals surface area (Å²) in [6, 6.07) is 1.75. The number of aliphatic hydroxyl groups is 1. The lowest BCUT2D eigenvalue weighted by Gasteiger charge is -2.25. The zero-order valence-corrected chi connectivity index (χ0v) is 16.3. The first-order valence-corrected chi connectivity index (χ1v) is 9.68. The molecule has 0 bridgehead atoms. The Morgan fingerprint density at radius 1 is 1.43 bits per heavy atom. The summed E-state index contributed by atoms with van der Waals surface area (Å²) in [5.41, 5.74) is 5.79. The lowest BCUT2D eigenvalue weighted by molar-refractivity contribution is -0.126. The summed E-state index contributed by atoms with van der Waals surface area (Å²) < 4.78 is 1.69. The third-order valence-electron chi connectivity index (χ3n) is 5.94. The van der Waals surface area contributed by atoms with Crippen LogP contribution in [0.1, 0.15) is 33.1 Å². The van der Waals surface area contributed by atoms with Gasteiger partial charge in [0.05, 0.1) is 29.4 Å².